The van der Waals surface area contributed by atoms with Crippen LogP contribution in [0.5, 0.6) is 0 Å². The maximum Gasteiger partial charge on any atom is 0.147 e. The minimum absolute atomic E-state index is 0.210. The van der Waals surface area contributed by atoms with Crippen LogP contribution in [0.3, 0.4) is 0 Å². The van der Waals surface area contributed by atoms with E-state index in [1.807, 2.05) is 56.1 Å². The van der Waals surface area contributed by atoms with E-state index in [1.165, 1.54) is 11.6 Å². The molecule has 2 aromatic carbocycles. The molecule has 0 spiro atoms. The first kappa shape index (κ1) is 13.6. The highest BCUT2D eigenvalue weighted by molar-refractivity contribution is 5.67. The lowest BCUT2D eigenvalue weighted by molar-refractivity contribution is 0.622. The Kier molecular flexibility index (Phi) is 3.86. The van der Waals surface area contributed by atoms with Gasteiger partial charge in [0.15, 0.2) is 0 Å². The number of aryl methyl sites for hydroxylation is 1. The second-order valence-electron chi connectivity index (χ2n) is 4.86. The van der Waals surface area contributed by atoms with Crippen molar-refractivity contribution in [3.8, 4) is 0 Å². The topological polar surface area (TPSA) is 29.3 Å². The summed E-state index contributed by atoms with van der Waals surface area (Å²) in [6.07, 6.45) is 0. The van der Waals surface area contributed by atoms with E-state index >= 15 is 0 Å². The molecule has 0 unspecified atom stereocenters. The fraction of sp³-hybridized carbons (Fsp3) is 0.250. The summed E-state index contributed by atoms with van der Waals surface area (Å²) in [5, 5.41) is 0. The summed E-state index contributed by atoms with van der Waals surface area (Å²) in [6.45, 7) is 3.89. The molecule has 0 aliphatic heterocycles. The molecule has 0 aliphatic rings. The Morgan fingerprint density at radius 2 is 1.74 bits per heavy atom. The van der Waals surface area contributed by atoms with Gasteiger partial charge in [-0.2, -0.15) is 0 Å². The van der Waals surface area contributed by atoms with E-state index in [4.69, 9.17) is 5.73 Å². The molecule has 2 aromatic rings. The van der Waals surface area contributed by atoms with Crippen LogP contribution in [0, 0.1) is 12.7 Å². The molecular weight excluding hydrogens is 239 g/mol. The smallest absolute Gasteiger partial charge is 0.147 e. The molecule has 0 saturated carbocycles. The van der Waals surface area contributed by atoms with Crippen molar-refractivity contribution in [2.45, 2.75) is 19.9 Å². The van der Waals surface area contributed by atoms with Gasteiger partial charge < -0.3 is 10.6 Å². The fourth-order valence-corrected chi connectivity index (χ4v) is 2.15. The molecule has 2 nitrogen and oxygen atoms in total. The predicted octanol–water partition coefficient (Wildman–Crippen LogP) is 3.92. The largest absolute Gasteiger partial charge is 0.342 e. The normalized spacial score (nSPS) is 12.3. The van der Waals surface area contributed by atoms with Gasteiger partial charge >= 0.3 is 0 Å². The first-order valence-corrected chi connectivity index (χ1v) is 6.35. The third-order valence-electron chi connectivity index (χ3n) is 3.27. The Balaban J connectivity index is 2.49. The highest BCUT2D eigenvalue weighted by atomic mass is 19.1. The zero-order chi connectivity index (χ0) is 14.0. The summed E-state index contributed by atoms with van der Waals surface area (Å²) in [7, 11) is 1.86. The standard InChI is InChI=1S/C16H19FN2/c1-11-7-9-13(10-8-11)19(3)16-14(12(2)18)5-4-6-15(16)17/h4-10,12H,18H2,1-3H3/t12-/m1/s1. The van der Waals surface area contributed by atoms with Crippen LogP contribution in [-0.2, 0) is 0 Å². The van der Waals surface area contributed by atoms with Crippen LogP contribution in [0.1, 0.15) is 24.1 Å². The van der Waals surface area contributed by atoms with E-state index in [-0.39, 0.29) is 11.9 Å². The molecule has 0 bridgehead atoms. The molecule has 0 radical (unpaired) electrons. The van der Waals surface area contributed by atoms with Crippen molar-refractivity contribution in [3.05, 3.63) is 59.4 Å². The van der Waals surface area contributed by atoms with Gasteiger partial charge in [0, 0.05) is 18.8 Å². The number of hydrogen-bond acceptors (Lipinski definition) is 2. The molecular formula is C16H19FN2. The van der Waals surface area contributed by atoms with Crippen molar-refractivity contribution < 1.29 is 4.39 Å². The second-order valence-corrected chi connectivity index (χ2v) is 4.86. The van der Waals surface area contributed by atoms with Crippen molar-refractivity contribution >= 4 is 11.4 Å². The van der Waals surface area contributed by atoms with Crippen LogP contribution < -0.4 is 10.6 Å². The van der Waals surface area contributed by atoms with Crippen LogP contribution in [0.15, 0.2) is 42.5 Å². The lowest BCUT2D eigenvalue weighted by Gasteiger charge is -2.24. The SMILES string of the molecule is Cc1ccc(N(C)c2c(F)cccc2[C@@H](C)N)cc1. The number of nitrogens with zero attached hydrogens (tertiary/aromatic N) is 1. The second kappa shape index (κ2) is 5.41. The molecule has 3 heteroatoms. The van der Waals surface area contributed by atoms with E-state index in [0.29, 0.717) is 5.69 Å². The zero-order valence-electron chi connectivity index (χ0n) is 11.5. The Labute approximate surface area is 113 Å². The van der Waals surface area contributed by atoms with E-state index < -0.39 is 0 Å². The molecule has 0 amide bonds. The summed E-state index contributed by atoms with van der Waals surface area (Å²) >= 11 is 0. The van der Waals surface area contributed by atoms with Crippen LogP contribution in [-0.4, -0.2) is 7.05 Å². The summed E-state index contributed by atoms with van der Waals surface area (Å²) in [4.78, 5) is 1.84. The molecule has 0 heterocycles. The van der Waals surface area contributed by atoms with Gasteiger partial charge in [-0.25, -0.2) is 4.39 Å². The number of benzene rings is 2. The lowest BCUT2D eigenvalue weighted by atomic mass is 10.0. The Hall–Kier alpha value is -1.87. The van der Waals surface area contributed by atoms with E-state index in [9.17, 15) is 4.39 Å². The summed E-state index contributed by atoms with van der Waals surface area (Å²) < 4.78 is 14.1. The van der Waals surface area contributed by atoms with E-state index in [2.05, 4.69) is 0 Å². The maximum atomic E-state index is 14.1. The molecule has 2 N–H and O–H groups in total. The third kappa shape index (κ3) is 2.76. The van der Waals surface area contributed by atoms with Gasteiger partial charge in [-0.15, -0.1) is 0 Å². The minimum atomic E-state index is -0.252. The number of nitrogens with two attached hydrogens (primary N) is 1. The summed E-state index contributed by atoms with van der Waals surface area (Å²) in [5.41, 5.74) is 9.40. The fourth-order valence-electron chi connectivity index (χ4n) is 2.15. The molecule has 0 aliphatic carbocycles. The Morgan fingerprint density at radius 1 is 1.11 bits per heavy atom. The Bertz CT molecular complexity index is 561. The lowest BCUT2D eigenvalue weighted by Crippen LogP contribution is -2.17. The quantitative estimate of drug-likeness (QED) is 0.904. The summed E-state index contributed by atoms with van der Waals surface area (Å²) in [6, 6.07) is 12.8. The van der Waals surface area contributed by atoms with Gasteiger partial charge in [-0.1, -0.05) is 29.8 Å². The van der Waals surface area contributed by atoms with Gasteiger partial charge in [0.2, 0.25) is 0 Å². The molecule has 0 fully saturated rings. The minimum Gasteiger partial charge on any atom is -0.342 e. The average Bonchev–Trinajstić information content (AvgIpc) is 2.38. The first-order chi connectivity index (χ1) is 9.00. The van der Waals surface area contributed by atoms with Crippen molar-refractivity contribution in [2.24, 2.45) is 5.73 Å². The highest BCUT2D eigenvalue weighted by Gasteiger charge is 2.16. The predicted molar refractivity (Wildman–Crippen MR) is 78.2 cm³/mol. The summed E-state index contributed by atoms with van der Waals surface area (Å²) in [5.74, 6) is -0.252. The third-order valence-corrected chi connectivity index (χ3v) is 3.27. The van der Waals surface area contributed by atoms with Crippen molar-refractivity contribution in [3.63, 3.8) is 0 Å². The monoisotopic (exact) mass is 258 g/mol. The Morgan fingerprint density at radius 3 is 2.32 bits per heavy atom. The van der Waals surface area contributed by atoms with Gasteiger partial charge in [-0.3, -0.25) is 0 Å². The molecule has 1 atom stereocenters. The zero-order valence-corrected chi connectivity index (χ0v) is 11.5. The molecule has 0 aromatic heterocycles. The number of anilines is 2. The molecule has 100 valence electrons. The van der Waals surface area contributed by atoms with Crippen LogP contribution in [0.4, 0.5) is 15.8 Å². The number of hydrogen-bond donors (Lipinski definition) is 1. The first-order valence-electron chi connectivity index (χ1n) is 6.35. The van der Waals surface area contributed by atoms with E-state index in [0.717, 1.165) is 11.3 Å². The van der Waals surface area contributed by atoms with Crippen molar-refractivity contribution in [1.82, 2.24) is 0 Å². The number of halogens is 1. The maximum absolute atomic E-state index is 14.1. The number of rotatable bonds is 3. The number of para-hydroxylation sites is 1. The van der Waals surface area contributed by atoms with Crippen LogP contribution in [0.2, 0.25) is 0 Å². The average molecular weight is 258 g/mol. The molecule has 2 rings (SSSR count). The van der Waals surface area contributed by atoms with E-state index in [1.54, 1.807) is 6.07 Å². The van der Waals surface area contributed by atoms with Crippen LogP contribution in [0.25, 0.3) is 0 Å². The van der Waals surface area contributed by atoms with Gasteiger partial charge in [-0.05, 0) is 37.6 Å². The van der Waals surface area contributed by atoms with Gasteiger partial charge in [0.25, 0.3) is 0 Å². The van der Waals surface area contributed by atoms with Crippen molar-refractivity contribution in [1.29, 1.82) is 0 Å². The van der Waals surface area contributed by atoms with Crippen molar-refractivity contribution in [2.75, 3.05) is 11.9 Å². The highest BCUT2D eigenvalue weighted by Crippen LogP contribution is 2.32. The molecule has 19 heavy (non-hydrogen) atoms. The van der Waals surface area contributed by atoms with Gasteiger partial charge in [0.1, 0.15) is 5.82 Å². The molecule has 0 saturated heterocycles. The van der Waals surface area contributed by atoms with Gasteiger partial charge in [0.05, 0.1) is 5.69 Å². The van der Waals surface area contributed by atoms with Crippen LogP contribution >= 0.6 is 0 Å².